The standard InChI is InChI=1S/C19H20ClFN2OS/c20-18-9-12-11-23(8-6-17(12)25-18)7-2-1-3-14-15-10-13(21)4-5-16(15)22-19(14)24/h4-5,9-10,14H,1-3,6-8,11H2,(H,22,24). The fraction of sp³-hybridized carbons (Fsp3) is 0.421. The Morgan fingerprint density at radius 1 is 1.32 bits per heavy atom. The van der Waals surface area contributed by atoms with E-state index in [-0.39, 0.29) is 17.6 Å². The zero-order valence-corrected chi connectivity index (χ0v) is 15.4. The molecule has 132 valence electrons. The van der Waals surface area contributed by atoms with Gasteiger partial charge in [0.2, 0.25) is 5.91 Å². The summed E-state index contributed by atoms with van der Waals surface area (Å²) in [5.41, 5.74) is 2.93. The molecule has 1 atom stereocenters. The van der Waals surface area contributed by atoms with E-state index in [0.29, 0.717) is 0 Å². The highest BCUT2D eigenvalue weighted by molar-refractivity contribution is 7.16. The Balaban J connectivity index is 1.28. The second-order valence-electron chi connectivity index (χ2n) is 6.79. The molecular formula is C19H20ClFN2OS. The van der Waals surface area contributed by atoms with Crippen LogP contribution < -0.4 is 5.32 Å². The third kappa shape index (κ3) is 3.59. The molecule has 2 aromatic rings. The molecule has 0 saturated heterocycles. The van der Waals surface area contributed by atoms with Crippen molar-refractivity contribution in [3.63, 3.8) is 0 Å². The summed E-state index contributed by atoms with van der Waals surface area (Å²) in [6, 6.07) is 6.62. The number of hydrogen-bond donors (Lipinski definition) is 1. The quantitative estimate of drug-likeness (QED) is 0.757. The van der Waals surface area contributed by atoms with Gasteiger partial charge in [0, 0.05) is 23.7 Å². The lowest BCUT2D eigenvalue weighted by molar-refractivity contribution is -0.117. The van der Waals surface area contributed by atoms with Crippen molar-refractivity contribution in [1.82, 2.24) is 4.90 Å². The van der Waals surface area contributed by atoms with Crippen molar-refractivity contribution in [1.29, 1.82) is 0 Å². The molecule has 0 radical (unpaired) electrons. The molecule has 2 aliphatic rings. The highest BCUT2D eigenvalue weighted by Gasteiger charge is 2.30. The minimum atomic E-state index is -0.279. The molecule has 3 heterocycles. The van der Waals surface area contributed by atoms with Gasteiger partial charge in [-0.05, 0) is 61.2 Å². The highest BCUT2D eigenvalue weighted by atomic mass is 35.5. The smallest absolute Gasteiger partial charge is 0.232 e. The van der Waals surface area contributed by atoms with Crippen molar-refractivity contribution in [2.24, 2.45) is 0 Å². The van der Waals surface area contributed by atoms with Gasteiger partial charge in [-0.15, -0.1) is 11.3 Å². The van der Waals surface area contributed by atoms with Gasteiger partial charge in [0.05, 0.1) is 10.3 Å². The predicted molar refractivity (Wildman–Crippen MR) is 99.9 cm³/mol. The Labute approximate surface area is 155 Å². The molecule has 0 fully saturated rings. The second kappa shape index (κ2) is 7.06. The number of unbranched alkanes of at least 4 members (excludes halogenated alkanes) is 1. The molecule has 1 amide bonds. The van der Waals surface area contributed by atoms with Crippen LogP contribution in [0.1, 0.15) is 41.2 Å². The van der Waals surface area contributed by atoms with Crippen LogP contribution in [0.5, 0.6) is 0 Å². The molecule has 2 aliphatic heterocycles. The van der Waals surface area contributed by atoms with Crippen molar-refractivity contribution in [3.05, 3.63) is 50.4 Å². The Kier molecular flexibility index (Phi) is 4.80. The minimum Gasteiger partial charge on any atom is -0.325 e. The molecule has 6 heteroatoms. The third-order valence-corrected chi connectivity index (χ3v) is 6.46. The zero-order valence-electron chi connectivity index (χ0n) is 13.9. The number of thiophene rings is 1. The van der Waals surface area contributed by atoms with Crippen LogP contribution in [-0.2, 0) is 17.8 Å². The first-order chi connectivity index (χ1) is 12.1. The average molecular weight is 379 g/mol. The number of benzene rings is 1. The monoisotopic (exact) mass is 378 g/mol. The van der Waals surface area contributed by atoms with E-state index in [1.54, 1.807) is 17.4 Å². The van der Waals surface area contributed by atoms with Crippen LogP contribution in [0.15, 0.2) is 24.3 Å². The summed E-state index contributed by atoms with van der Waals surface area (Å²) in [4.78, 5) is 16.0. The van der Waals surface area contributed by atoms with Crippen molar-refractivity contribution in [2.75, 3.05) is 18.4 Å². The van der Waals surface area contributed by atoms with Crippen molar-refractivity contribution in [3.8, 4) is 0 Å². The SMILES string of the molecule is O=C1Nc2ccc(F)cc2C1CCCCN1CCc2sc(Cl)cc2C1. The predicted octanol–water partition coefficient (Wildman–Crippen LogP) is 4.80. The normalized spacial score (nSPS) is 19.6. The summed E-state index contributed by atoms with van der Waals surface area (Å²) < 4.78 is 14.3. The number of anilines is 1. The number of fused-ring (bicyclic) bond motifs is 2. The largest absolute Gasteiger partial charge is 0.325 e. The molecule has 25 heavy (non-hydrogen) atoms. The maximum absolute atomic E-state index is 13.5. The zero-order chi connectivity index (χ0) is 17.4. The van der Waals surface area contributed by atoms with E-state index in [9.17, 15) is 9.18 Å². The molecule has 4 rings (SSSR count). The second-order valence-corrected chi connectivity index (χ2v) is 8.56. The number of carbonyl (C=O) groups excluding carboxylic acids is 1. The lowest BCUT2D eigenvalue weighted by atomic mass is 9.94. The number of amides is 1. The van der Waals surface area contributed by atoms with E-state index in [2.05, 4.69) is 16.3 Å². The summed E-state index contributed by atoms with van der Waals surface area (Å²) in [6.07, 6.45) is 3.85. The summed E-state index contributed by atoms with van der Waals surface area (Å²) >= 11 is 7.80. The van der Waals surface area contributed by atoms with Gasteiger partial charge in [-0.1, -0.05) is 18.0 Å². The number of nitrogens with one attached hydrogen (secondary N) is 1. The van der Waals surface area contributed by atoms with Crippen LogP contribution in [0.3, 0.4) is 0 Å². The molecule has 0 spiro atoms. The van der Waals surface area contributed by atoms with Crippen molar-refractivity contribution < 1.29 is 9.18 Å². The molecule has 1 aromatic carbocycles. The van der Waals surface area contributed by atoms with Gasteiger partial charge in [-0.2, -0.15) is 0 Å². The van der Waals surface area contributed by atoms with Gasteiger partial charge in [-0.25, -0.2) is 4.39 Å². The lowest BCUT2D eigenvalue weighted by Crippen LogP contribution is -2.30. The summed E-state index contributed by atoms with van der Waals surface area (Å²) in [6.45, 7) is 3.07. The van der Waals surface area contributed by atoms with Crippen LogP contribution in [0.2, 0.25) is 4.34 Å². The Hall–Kier alpha value is -1.43. The highest BCUT2D eigenvalue weighted by Crippen LogP contribution is 2.36. The average Bonchev–Trinajstić information content (AvgIpc) is 3.09. The molecule has 1 aromatic heterocycles. The van der Waals surface area contributed by atoms with E-state index >= 15 is 0 Å². The Morgan fingerprint density at radius 2 is 2.20 bits per heavy atom. The third-order valence-electron chi connectivity index (χ3n) is 5.10. The van der Waals surface area contributed by atoms with Gasteiger partial charge >= 0.3 is 0 Å². The molecule has 0 bridgehead atoms. The maximum atomic E-state index is 13.5. The van der Waals surface area contributed by atoms with Gasteiger partial charge in [0.1, 0.15) is 5.82 Å². The topological polar surface area (TPSA) is 32.3 Å². The van der Waals surface area contributed by atoms with E-state index in [4.69, 9.17) is 11.6 Å². The van der Waals surface area contributed by atoms with Crippen molar-refractivity contribution in [2.45, 2.75) is 38.1 Å². The maximum Gasteiger partial charge on any atom is 0.232 e. The van der Waals surface area contributed by atoms with Gasteiger partial charge < -0.3 is 5.32 Å². The lowest BCUT2D eigenvalue weighted by Gasteiger charge is -2.26. The fourth-order valence-electron chi connectivity index (χ4n) is 3.81. The molecule has 0 saturated carbocycles. The number of hydrogen-bond acceptors (Lipinski definition) is 3. The van der Waals surface area contributed by atoms with Gasteiger partial charge in [0.15, 0.2) is 0 Å². The number of rotatable bonds is 5. The number of nitrogens with zero attached hydrogens (tertiary/aromatic N) is 1. The van der Waals surface area contributed by atoms with E-state index < -0.39 is 0 Å². The fourth-order valence-corrected chi connectivity index (χ4v) is 5.11. The first kappa shape index (κ1) is 17.0. The minimum absolute atomic E-state index is 0.00358. The summed E-state index contributed by atoms with van der Waals surface area (Å²) in [5.74, 6) is -0.496. The molecule has 3 nitrogen and oxygen atoms in total. The Morgan fingerprint density at radius 3 is 3.08 bits per heavy atom. The number of carbonyl (C=O) groups is 1. The molecule has 1 unspecified atom stereocenters. The van der Waals surface area contributed by atoms with Crippen LogP contribution in [0, 0.1) is 5.82 Å². The Bertz CT molecular complexity index is 807. The molecule has 1 N–H and O–H groups in total. The van der Waals surface area contributed by atoms with E-state index in [0.717, 1.165) is 60.9 Å². The van der Waals surface area contributed by atoms with Crippen LogP contribution in [0.4, 0.5) is 10.1 Å². The molecule has 0 aliphatic carbocycles. The first-order valence-corrected chi connectivity index (χ1v) is 9.89. The van der Waals surface area contributed by atoms with Gasteiger partial charge in [-0.3, -0.25) is 9.69 Å². The van der Waals surface area contributed by atoms with E-state index in [1.807, 2.05) is 0 Å². The van der Waals surface area contributed by atoms with Crippen LogP contribution in [0.25, 0.3) is 0 Å². The number of halogens is 2. The van der Waals surface area contributed by atoms with Crippen LogP contribution in [-0.4, -0.2) is 23.9 Å². The summed E-state index contributed by atoms with van der Waals surface area (Å²) in [5, 5.41) is 2.85. The van der Waals surface area contributed by atoms with E-state index in [1.165, 1.54) is 22.6 Å². The molecular weight excluding hydrogens is 359 g/mol. The van der Waals surface area contributed by atoms with Gasteiger partial charge in [0.25, 0.3) is 0 Å². The van der Waals surface area contributed by atoms with Crippen LogP contribution >= 0.6 is 22.9 Å². The summed E-state index contributed by atoms with van der Waals surface area (Å²) in [7, 11) is 0. The van der Waals surface area contributed by atoms with Crippen molar-refractivity contribution >= 4 is 34.5 Å². The first-order valence-electron chi connectivity index (χ1n) is 8.70.